The molecule has 0 aromatic heterocycles. The number of aliphatic hydroxyl groups is 1. The number of benzene rings is 3. The average Bonchev–Trinajstić information content (AvgIpc) is 2.77. The van der Waals surface area contributed by atoms with Crippen LogP contribution in [0.4, 0.5) is 5.69 Å². The zero-order chi connectivity index (χ0) is 22.5. The molecular formula is C22H20N2O6S. The summed E-state index contributed by atoms with van der Waals surface area (Å²) < 4.78 is 28.0. The van der Waals surface area contributed by atoms with Gasteiger partial charge in [0.2, 0.25) is 15.6 Å². The van der Waals surface area contributed by atoms with Crippen LogP contribution in [0.5, 0.6) is 0 Å². The highest BCUT2D eigenvalue weighted by atomic mass is 32.2. The highest BCUT2D eigenvalue weighted by Crippen LogP contribution is 2.31. The fraction of sp³-hybridized carbons (Fsp3) is 0.0909. The molecular weight excluding hydrogens is 420 g/mol. The molecule has 3 rings (SSSR count). The molecule has 1 amide bonds. The maximum Gasteiger partial charge on any atom is 0.348 e. The van der Waals surface area contributed by atoms with Gasteiger partial charge < -0.3 is 15.2 Å². The Labute approximate surface area is 179 Å². The highest BCUT2D eigenvalue weighted by Gasteiger charge is 2.41. The molecule has 3 aromatic rings. The first-order valence-corrected chi connectivity index (χ1v) is 10.7. The van der Waals surface area contributed by atoms with Gasteiger partial charge in [0.1, 0.15) is 0 Å². The van der Waals surface area contributed by atoms with Gasteiger partial charge in [0.05, 0.1) is 4.90 Å². The van der Waals surface area contributed by atoms with Gasteiger partial charge in [-0.3, -0.25) is 4.79 Å². The predicted molar refractivity (Wildman–Crippen MR) is 113 cm³/mol. The van der Waals surface area contributed by atoms with Crippen LogP contribution in [0.3, 0.4) is 0 Å². The lowest BCUT2D eigenvalue weighted by atomic mass is 9.86. The number of carbonyl (C=O) groups excluding carboxylic acids is 2. The molecule has 0 radical (unpaired) electrons. The normalized spacial score (nSPS) is 11.5. The van der Waals surface area contributed by atoms with Crippen LogP contribution in [0, 0.1) is 0 Å². The second-order valence-electron chi connectivity index (χ2n) is 6.64. The van der Waals surface area contributed by atoms with E-state index < -0.39 is 34.1 Å². The van der Waals surface area contributed by atoms with Crippen molar-refractivity contribution in [2.75, 3.05) is 11.9 Å². The van der Waals surface area contributed by atoms with E-state index in [9.17, 15) is 23.1 Å². The monoisotopic (exact) mass is 440 g/mol. The van der Waals surface area contributed by atoms with Gasteiger partial charge in [-0.05, 0) is 29.3 Å². The number of hydrogen-bond acceptors (Lipinski definition) is 6. The minimum Gasteiger partial charge on any atom is -0.453 e. The molecule has 0 aliphatic rings. The number of nitrogens with two attached hydrogens (primary N) is 1. The zero-order valence-electron chi connectivity index (χ0n) is 16.3. The first-order valence-electron chi connectivity index (χ1n) is 9.14. The number of carbonyl (C=O) groups is 2. The first-order chi connectivity index (χ1) is 14.7. The van der Waals surface area contributed by atoms with Crippen molar-refractivity contribution in [1.82, 2.24) is 0 Å². The Morgan fingerprint density at radius 1 is 0.903 bits per heavy atom. The third-order valence-electron chi connectivity index (χ3n) is 4.46. The molecule has 0 aliphatic carbocycles. The number of sulfonamides is 1. The predicted octanol–water partition coefficient (Wildman–Crippen LogP) is 1.75. The summed E-state index contributed by atoms with van der Waals surface area (Å²) in [5, 5.41) is 18.8. The molecule has 0 spiro atoms. The third-order valence-corrected chi connectivity index (χ3v) is 5.37. The Balaban J connectivity index is 1.75. The Kier molecular flexibility index (Phi) is 6.50. The van der Waals surface area contributed by atoms with E-state index in [1.165, 1.54) is 24.3 Å². The number of ether oxygens (including phenoxy) is 1. The standard InChI is InChI=1S/C22H20N2O6S/c23-31(28,29)19-13-7-12-18(14-19)24-20(25)15-30-21(26)22(27,16-8-3-1-4-9-16)17-10-5-2-6-11-17/h1-14,27H,15H2,(H,24,25)(H2,23,28,29). The largest absolute Gasteiger partial charge is 0.453 e. The molecule has 0 saturated carbocycles. The van der Waals surface area contributed by atoms with Crippen molar-refractivity contribution >= 4 is 27.6 Å². The smallest absolute Gasteiger partial charge is 0.348 e. The Morgan fingerprint density at radius 3 is 1.97 bits per heavy atom. The molecule has 0 heterocycles. The van der Waals surface area contributed by atoms with E-state index in [-0.39, 0.29) is 21.7 Å². The molecule has 0 atom stereocenters. The zero-order valence-corrected chi connectivity index (χ0v) is 17.1. The maximum atomic E-state index is 12.9. The molecule has 9 heteroatoms. The summed E-state index contributed by atoms with van der Waals surface area (Å²) in [5.74, 6) is -1.75. The van der Waals surface area contributed by atoms with Gasteiger partial charge in [-0.25, -0.2) is 18.4 Å². The summed E-state index contributed by atoms with van der Waals surface area (Å²) in [6.07, 6.45) is 0. The van der Waals surface area contributed by atoms with Crippen LogP contribution < -0.4 is 10.5 Å². The first kappa shape index (κ1) is 22.2. The van der Waals surface area contributed by atoms with Crippen LogP contribution in [0.15, 0.2) is 89.8 Å². The van der Waals surface area contributed by atoms with Gasteiger partial charge in [0, 0.05) is 5.69 Å². The van der Waals surface area contributed by atoms with Crippen LogP contribution in [0.1, 0.15) is 11.1 Å². The molecule has 0 bridgehead atoms. The lowest BCUT2D eigenvalue weighted by Gasteiger charge is -2.26. The van der Waals surface area contributed by atoms with Gasteiger partial charge in [-0.15, -0.1) is 0 Å². The Bertz CT molecular complexity index is 1140. The minimum atomic E-state index is -3.94. The molecule has 3 aromatic carbocycles. The van der Waals surface area contributed by atoms with Gasteiger partial charge in [0.25, 0.3) is 5.91 Å². The van der Waals surface area contributed by atoms with E-state index in [0.29, 0.717) is 0 Å². The Morgan fingerprint density at radius 2 is 1.45 bits per heavy atom. The number of rotatable bonds is 7. The lowest BCUT2D eigenvalue weighted by molar-refractivity contribution is -0.163. The fourth-order valence-corrected chi connectivity index (χ4v) is 3.50. The lowest BCUT2D eigenvalue weighted by Crippen LogP contribution is -2.39. The highest BCUT2D eigenvalue weighted by molar-refractivity contribution is 7.89. The third kappa shape index (κ3) is 5.15. The molecule has 160 valence electrons. The van der Waals surface area contributed by atoms with Crippen molar-refractivity contribution in [1.29, 1.82) is 0 Å². The van der Waals surface area contributed by atoms with E-state index in [2.05, 4.69) is 5.32 Å². The molecule has 31 heavy (non-hydrogen) atoms. The average molecular weight is 440 g/mol. The van der Waals surface area contributed by atoms with Gasteiger partial charge >= 0.3 is 5.97 Å². The maximum absolute atomic E-state index is 12.9. The van der Waals surface area contributed by atoms with Gasteiger partial charge in [-0.2, -0.15) is 0 Å². The van der Waals surface area contributed by atoms with E-state index in [1.54, 1.807) is 60.7 Å². The van der Waals surface area contributed by atoms with Crippen molar-refractivity contribution in [3.05, 3.63) is 96.1 Å². The van der Waals surface area contributed by atoms with Crippen molar-refractivity contribution in [3.63, 3.8) is 0 Å². The minimum absolute atomic E-state index is 0.161. The van der Waals surface area contributed by atoms with Gasteiger partial charge in [-0.1, -0.05) is 66.7 Å². The fourth-order valence-electron chi connectivity index (χ4n) is 2.94. The Hall–Kier alpha value is -3.53. The van der Waals surface area contributed by atoms with Crippen molar-refractivity contribution in [2.45, 2.75) is 10.5 Å². The van der Waals surface area contributed by atoms with Crippen molar-refractivity contribution < 1.29 is 27.9 Å². The van der Waals surface area contributed by atoms with Crippen LogP contribution in [0.25, 0.3) is 0 Å². The van der Waals surface area contributed by atoms with E-state index in [0.717, 1.165) is 0 Å². The number of amides is 1. The van der Waals surface area contributed by atoms with Crippen LogP contribution in [-0.2, 0) is 30.0 Å². The molecule has 8 nitrogen and oxygen atoms in total. The SMILES string of the molecule is NS(=O)(=O)c1cccc(NC(=O)COC(=O)C(O)(c2ccccc2)c2ccccc2)c1. The summed E-state index contributed by atoms with van der Waals surface area (Å²) in [5.41, 5.74) is -1.38. The summed E-state index contributed by atoms with van der Waals surface area (Å²) in [6, 6.07) is 21.8. The molecule has 0 unspecified atom stereocenters. The second-order valence-corrected chi connectivity index (χ2v) is 8.20. The molecule has 0 fully saturated rings. The molecule has 0 saturated heterocycles. The number of primary sulfonamides is 1. The van der Waals surface area contributed by atoms with Crippen molar-refractivity contribution in [3.8, 4) is 0 Å². The second kappa shape index (κ2) is 9.09. The van der Waals surface area contributed by atoms with E-state index in [1.807, 2.05) is 0 Å². The topological polar surface area (TPSA) is 136 Å². The summed E-state index contributed by atoms with van der Waals surface area (Å²) in [7, 11) is -3.94. The van der Waals surface area contributed by atoms with Crippen molar-refractivity contribution in [2.24, 2.45) is 5.14 Å². The van der Waals surface area contributed by atoms with Crippen LogP contribution in [-0.4, -0.2) is 32.0 Å². The van der Waals surface area contributed by atoms with Crippen LogP contribution >= 0.6 is 0 Å². The number of nitrogens with one attached hydrogen (secondary N) is 1. The van der Waals surface area contributed by atoms with Crippen LogP contribution in [0.2, 0.25) is 0 Å². The summed E-state index contributed by atoms with van der Waals surface area (Å²) in [6.45, 7) is -0.694. The molecule has 4 N–H and O–H groups in total. The number of esters is 1. The quantitative estimate of drug-likeness (QED) is 0.479. The number of anilines is 1. The molecule has 0 aliphatic heterocycles. The summed E-state index contributed by atoms with van der Waals surface area (Å²) in [4.78, 5) is 24.9. The van der Waals surface area contributed by atoms with Gasteiger partial charge in [0.15, 0.2) is 6.61 Å². The van der Waals surface area contributed by atoms with E-state index >= 15 is 0 Å². The number of hydrogen-bond donors (Lipinski definition) is 3. The van der Waals surface area contributed by atoms with E-state index in [4.69, 9.17) is 9.88 Å². The summed E-state index contributed by atoms with van der Waals surface area (Å²) >= 11 is 0.